The molecule has 3 N–H and O–H groups in total. The molecule has 2 aromatic rings. The zero-order valence-electron chi connectivity index (χ0n) is 11.1. The molecule has 0 spiro atoms. The van der Waals surface area contributed by atoms with Crippen LogP contribution in [0.2, 0.25) is 0 Å². The van der Waals surface area contributed by atoms with E-state index >= 15 is 0 Å². The highest BCUT2D eigenvalue weighted by Crippen LogP contribution is 2.11. The van der Waals surface area contributed by atoms with Gasteiger partial charge >= 0.3 is 0 Å². The smallest absolute Gasteiger partial charge is 0.271 e. The molecule has 1 amide bonds. The van der Waals surface area contributed by atoms with Crippen molar-refractivity contribution >= 4 is 11.7 Å². The fourth-order valence-corrected chi connectivity index (χ4v) is 1.79. The zero-order chi connectivity index (χ0) is 14.0. The van der Waals surface area contributed by atoms with E-state index in [2.05, 4.69) is 20.4 Å². The van der Waals surface area contributed by atoms with Gasteiger partial charge in [0.25, 0.3) is 5.91 Å². The molecule has 0 bridgehead atoms. The van der Waals surface area contributed by atoms with Crippen LogP contribution in [0.4, 0.5) is 5.82 Å². The van der Waals surface area contributed by atoms with Gasteiger partial charge in [-0.3, -0.25) is 9.48 Å². The van der Waals surface area contributed by atoms with Gasteiger partial charge < -0.3 is 11.1 Å². The number of carbonyl (C=O) groups is 1. The fourth-order valence-electron chi connectivity index (χ4n) is 1.79. The first kappa shape index (κ1) is 13.0. The Labute approximate surface area is 110 Å². The summed E-state index contributed by atoms with van der Waals surface area (Å²) in [5.41, 5.74) is 8.61. The monoisotopic (exact) mass is 260 g/mol. The number of rotatable bonds is 3. The van der Waals surface area contributed by atoms with Gasteiger partial charge in [-0.15, -0.1) is 0 Å². The molecule has 0 radical (unpaired) electrons. The molecular formula is C12H16N6O. The third-order valence-corrected chi connectivity index (χ3v) is 2.99. The molecule has 0 atom stereocenters. The molecule has 0 fully saturated rings. The van der Waals surface area contributed by atoms with Crippen molar-refractivity contribution in [2.75, 3.05) is 5.73 Å². The van der Waals surface area contributed by atoms with E-state index in [9.17, 15) is 4.79 Å². The first-order valence-corrected chi connectivity index (χ1v) is 5.84. The van der Waals surface area contributed by atoms with Gasteiger partial charge in [-0.2, -0.15) is 5.10 Å². The molecule has 100 valence electrons. The lowest BCUT2D eigenvalue weighted by molar-refractivity contribution is 0.0945. The number of carbonyl (C=O) groups excluding carboxylic acids is 1. The average Bonchev–Trinajstić information content (AvgIpc) is 2.62. The summed E-state index contributed by atoms with van der Waals surface area (Å²) in [5, 5.41) is 7.09. The first-order valence-electron chi connectivity index (χ1n) is 5.84. The number of hydrogen-bond donors (Lipinski definition) is 2. The molecule has 0 aromatic carbocycles. The van der Waals surface area contributed by atoms with Gasteiger partial charge in [-0.05, 0) is 13.8 Å². The number of hydrogen-bond acceptors (Lipinski definition) is 5. The van der Waals surface area contributed by atoms with Crippen molar-refractivity contribution in [2.45, 2.75) is 20.4 Å². The van der Waals surface area contributed by atoms with Crippen molar-refractivity contribution in [3.05, 3.63) is 35.0 Å². The van der Waals surface area contributed by atoms with E-state index in [0.29, 0.717) is 6.54 Å². The van der Waals surface area contributed by atoms with E-state index < -0.39 is 0 Å². The van der Waals surface area contributed by atoms with Gasteiger partial charge in [0.2, 0.25) is 0 Å². The number of nitrogens with one attached hydrogen (secondary N) is 1. The van der Waals surface area contributed by atoms with Gasteiger partial charge in [0.1, 0.15) is 11.5 Å². The predicted molar refractivity (Wildman–Crippen MR) is 70.3 cm³/mol. The molecule has 0 unspecified atom stereocenters. The van der Waals surface area contributed by atoms with Crippen LogP contribution in [0.25, 0.3) is 0 Å². The van der Waals surface area contributed by atoms with Crippen molar-refractivity contribution in [1.82, 2.24) is 25.1 Å². The van der Waals surface area contributed by atoms with Crippen LogP contribution < -0.4 is 11.1 Å². The Morgan fingerprint density at radius 1 is 1.37 bits per heavy atom. The van der Waals surface area contributed by atoms with E-state index in [0.717, 1.165) is 17.0 Å². The maximum atomic E-state index is 11.9. The van der Waals surface area contributed by atoms with Crippen LogP contribution in [-0.2, 0) is 13.6 Å². The fraction of sp³-hybridized carbons (Fsp3) is 0.333. The third kappa shape index (κ3) is 2.70. The van der Waals surface area contributed by atoms with Gasteiger partial charge in [-0.25, -0.2) is 9.97 Å². The van der Waals surface area contributed by atoms with Crippen LogP contribution >= 0.6 is 0 Å². The SMILES string of the molecule is Cc1nn(C)c(C)c1CNC(=O)c1cnc(N)cn1. The molecule has 7 heteroatoms. The molecule has 2 rings (SSSR count). The lowest BCUT2D eigenvalue weighted by atomic mass is 10.2. The molecule has 0 aliphatic carbocycles. The van der Waals surface area contributed by atoms with Gasteiger partial charge in [-0.1, -0.05) is 0 Å². The Kier molecular flexibility index (Phi) is 3.46. The highest BCUT2D eigenvalue weighted by molar-refractivity contribution is 5.91. The summed E-state index contributed by atoms with van der Waals surface area (Å²) in [6.07, 6.45) is 2.71. The van der Waals surface area contributed by atoms with E-state index in [1.165, 1.54) is 12.4 Å². The Bertz CT molecular complexity index is 601. The maximum absolute atomic E-state index is 11.9. The molecule has 0 saturated heterocycles. The predicted octanol–water partition coefficient (Wildman–Crippen LogP) is 0.339. The molecule has 19 heavy (non-hydrogen) atoms. The minimum absolute atomic E-state index is 0.244. The number of aryl methyl sites for hydroxylation is 2. The summed E-state index contributed by atoms with van der Waals surface area (Å²) >= 11 is 0. The Balaban J connectivity index is 2.06. The summed E-state index contributed by atoms with van der Waals surface area (Å²) in [6.45, 7) is 4.29. The minimum atomic E-state index is -0.282. The Morgan fingerprint density at radius 2 is 2.11 bits per heavy atom. The van der Waals surface area contributed by atoms with Crippen molar-refractivity contribution in [2.24, 2.45) is 7.05 Å². The van der Waals surface area contributed by atoms with Crippen LogP contribution in [0.15, 0.2) is 12.4 Å². The van der Waals surface area contributed by atoms with Gasteiger partial charge in [0.05, 0.1) is 18.1 Å². The van der Waals surface area contributed by atoms with E-state index in [-0.39, 0.29) is 17.4 Å². The van der Waals surface area contributed by atoms with Crippen LogP contribution in [0.5, 0.6) is 0 Å². The highest BCUT2D eigenvalue weighted by atomic mass is 16.1. The summed E-state index contributed by atoms with van der Waals surface area (Å²) < 4.78 is 1.79. The van der Waals surface area contributed by atoms with Crippen LogP contribution in [0, 0.1) is 13.8 Å². The van der Waals surface area contributed by atoms with Crippen LogP contribution in [0.3, 0.4) is 0 Å². The molecule has 0 saturated carbocycles. The van der Waals surface area contributed by atoms with Crippen molar-refractivity contribution in [3.8, 4) is 0 Å². The van der Waals surface area contributed by atoms with Crippen LogP contribution in [0.1, 0.15) is 27.4 Å². The molecule has 2 aromatic heterocycles. The number of anilines is 1. The normalized spacial score (nSPS) is 10.5. The van der Waals surface area contributed by atoms with Gasteiger partial charge in [0.15, 0.2) is 0 Å². The minimum Gasteiger partial charge on any atom is -0.382 e. The summed E-state index contributed by atoms with van der Waals surface area (Å²) in [7, 11) is 1.87. The molecule has 2 heterocycles. The van der Waals surface area contributed by atoms with Crippen LogP contribution in [-0.4, -0.2) is 25.7 Å². The van der Waals surface area contributed by atoms with E-state index in [1.807, 2.05) is 20.9 Å². The zero-order valence-corrected chi connectivity index (χ0v) is 11.1. The van der Waals surface area contributed by atoms with Crippen molar-refractivity contribution in [3.63, 3.8) is 0 Å². The Morgan fingerprint density at radius 3 is 2.63 bits per heavy atom. The number of aromatic nitrogens is 4. The number of nitrogens with zero attached hydrogens (tertiary/aromatic N) is 4. The Hall–Kier alpha value is -2.44. The topological polar surface area (TPSA) is 98.7 Å². The summed E-state index contributed by atoms with van der Waals surface area (Å²) in [5.74, 6) is 0.00523. The molecular weight excluding hydrogens is 244 g/mol. The highest BCUT2D eigenvalue weighted by Gasteiger charge is 2.12. The summed E-state index contributed by atoms with van der Waals surface area (Å²) in [6, 6.07) is 0. The average molecular weight is 260 g/mol. The second-order valence-corrected chi connectivity index (χ2v) is 4.28. The number of nitrogen functional groups attached to an aromatic ring is 1. The maximum Gasteiger partial charge on any atom is 0.271 e. The second kappa shape index (κ2) is 5.05. The lowest BCUT2D eigenvalue weighted by Crippen LogP contribution is -2.24. The van der Waals surface area contributed by atoms with E-state index in [1.54, 1.807) is 4.68 Å². The quantitative estimate of drug-likeness (QED) is 0.829. The van der Waals surface area contributed by atoms with Crippen molar-refractivity contribution in [1.29, 1.82) is 0 Å². The largest absolute Gasteiger partial charge is 0.382 e. The molecule has 0 aliphatic heterocycles. The number of nitrogens with two attached hydrogens (primary N) is 1. The number of amides is 1. The molecule has 7 nitrogen and oxygen atoms in total. The van der Waals surface area contributed by atoms with Gasteiger partial charge in [0, 0.05) is 24.8 Å². The standard InChI is InChI=1S/C12H16N6O/c1-7-9(8(2)18(3)17-7)4-16-12(19)10-5-15-11(13)6-14-10/h5-6H,4H2,1-3H3,(H2,13,15)(H,16,19). The molecule has 0 aliphatic rings. The van der Waals surface area contributed by atoms with E-state index in [4.69, 9.17) is 5.73 Å². The third-order valence-electron chi connectivity index (χ3n) is 2.99. The summed E-state index contributed by atoms with van der Waals surface area (Å²) in [4.78, 5) is 19.6. The lowest BCUT2D eigenvalue weighted by Gasteiger charge is -2.05. The van der Waals surface area contributed by atoms with Crippen molar-refractivity contribution < 1.29 is 4.79 Å². The first-order chi connectivity index (χ1) is 8.99. The second-order valence-electron chi connectivity index (χ2n) is 4.28.